The Morgan fingerprint density at radius 1 is 1.29 bits per heavy atom. The van der Waals surface area contributed by atoms with E-state index in [4.69, 9.17) is 5.84 Å². The number of nitrogens with two attached hydrogens (primary N) is 1. The highest BCUT2D eigenvalue weighted by molar-refractivity contribution is 7.90. The lowest BCUT2D eigenvalue weighted by atomic mass is 9.89. The Morgan fingerprint density at radius 3 is 2.52 bits per heavy atom. The van der Waals surface area contributed by atoms with Crippen LogP contribution in [0, 0.1) is 5.92 Å². The summed E-state index contributed by atoms with van der Waals surface area (Å²) in [5.41, 5.74) is 3.78. The van der Waals surface area contributed by atoms with Crippen LogP contribution in [0.3, 0.4) is 0 Å². The average molecular weight is 312 g/mol. The minimum atomic E-state index is -3.18. The minimum absolute atomic E-state index is 0.00601. The van der Waals surface area contributed by atoms with Crippen LogP contribution in [0.4, 0.5) is 0 Å². The van der Waals surface area contributed by atoms with Gasteiger partial charge in [0, 0.05) is 12.3 Å². The van der Waals surface area contributed by atoms with Crippen molar-refractivity contribution >= 4 is 9.84 Å². The Morgan fingerprint density at radius 2 is 2.00 bits per heavy atom. The molecule has 120 valence electrons. The van der Waals surface area contributed by atoms with Gasteiger partial charge in [-0.25, -0.2) is 8.42 Å². The van der Waals surface area contributed by atoms with E-state index in [1.807, 2.05) is 6.07 Å². The van der Waals surface area contributed by atoms with Crippen molar-refractivity contribution in [3.05, 3.63) is 29.8 Å². The van der Waals surface area contributed by atoms with Gasteiger partial charge < -0.3 is 0 Å². The van der Waals surface area contributed by atoms with E-state index in [0.717, 1.165) is 18.4 Å². The standard InChI is InChI=1S/C16H28N2O2S/c1-4-6-8-13(5-2)11-16(18-17)14-9-7-10-15(12-14)21(3,19)20/h7,9-10,12-13,16,18H,4-6,8,11,17H2,1-3H3. The van der Waals surface area contributed by atoms with Gasteiger partial charge in [0.1, 0.15) is 0 Å². The van der Waals surface area contributed by atoms with Crippen LogP contribution < -0.4 is 11.3 Å². The average Bonchev–Trinajstić information content (AvgIpc) is 2.47. The van der Waals surface area contributed by atoms with Crippen LogP contribution in [-0.4, -0.2) is 14.7 Å². The molecule has 5 heteroatoms. The molecule has 0 spiro atoms. The summed E-state index contributed by atoms with van der Waals surface area (Å²) in [4.78, 5) is 0.349. The molecule has 0 heterocycles. The molecule has 0 saturated carbocycles. The van der Waals surface area contributed by atoms with Crippen molar-refractivity contribution in [3.8, 4) is 0 Å². The lowest BCUT2D eigenvalue weighted by molar-refractivity contribution is 0.356. The number of unbranched alkanes of at least 4 members (excludes halogenated alkanes) is 1. The molecule has 0 bridgehead atoms. The van der Waals surface area contributed by atoms with Gasteiger partial charge in [0.25, 0.3) is 0 Å². The monoisotopic (exact) mass is 312 g/mol. The van der Waals surface area contributed by atoms with Crippen LogP contribution in [0.15, 0.2) is 29.2 Å². The summed E-state index contributed by atoms with van der Waals surface area (Å²) >= 11 is 0. The molecule has 2 unspecified atom stereocenters. The molecule has 3 N–H and O–H groups in total. The molecule has 0 aliphatic heterocycles. The van der Waals surface area contributed by atoms with Crippen molar-refractivity contribution in [2.24, 2.45) is 11.8 Å². The van der Waals surface area contributed by atoms with Crippen molar-refractivity contribution in [1.82, 2.24) is 5.43 Å². The highest BCUT2D eigenvalue weighted by atomic mass is 32.2. The van der Waals surface area contributed by atoms with Gasteiger partial charge in [0.15, 0.2) is 9.84 Å². The largest absolute Gasteiger partial charge is 0.271 e. The van der Waals surface area contributed by atoms with Gasteiger partial charge in [0.2, 0.25) is 0 Å². The highest BCUT2D eigenvalue weighted by Gasteiger charge is 2.17. The summed E-state index contributed by atoms with van der Waals surface area (Å²) in [6.45, 7) is 4.39. The molecule has 1 rings (SSSR count). The van der Waals surface area contributed by atoms with E-state index in [-0.39, 0.29) is 6.04 Å². The second kappa shape index (κ2) is 8.51. The summed E-state index contributed by atoms with van der Waals surface area (Å²) in [7, 11) is -3.18. The van der Waals surface area contributed by atoms with Crippen molar-refractivity contribution in [2.75, 3.05) is 6.26 Å². The van der Waals surface area contributed by atoms with Crippen LogP contribution in [-0.2, 0) is 9.84 Å². The third-order valence-electron chi connectivity index (χ3n) is 4.00. The number of sulfone groups is 1. The van der Waals surface area contributed by atoms with Gasteiger partial charge in [-0.05, 0) is 30.0 Å². The Bertz CT molecular complexity index is 529. The Hall–Kier alpha value is -0.910. The molecule has 0 fully saturated rings. The molecule has 2 atom stereocenters. The first-order valence-corrected chi connectivity index (χ1v) is 9.57. The van der Waals surface area contributed by atoms with Crippen molar-refractivity contribution < 1.29 is 8.42 Å². The summed E-state index contributed by atoms with van der Waals surface area (Å²) in [6, 6.07) is 7.07. The van der Waals surface area contributed by atoms with Crippen LogP contribution in [0.2, 0.25) is 0 Å². The molecular formula is C16H28N2O2S. The minimum Gasteiger partial charge on any atom is -0.271 e. The maximum absolute atomic E-state index is 11.7. The molecule has 4 nitrogen and oxygen atoms in total. The van der Waals surface area contributed by atoms with Gasteiger partial charge in [-0.1, -0.05) is 51.7 Å². The molecular weight excluding hydrogens is 284 g/mol. The maximum atomic E-state index is 11.7. The van der Waals surface area contributed by atoms with E-state index in [9.17, 15) is 8.42 Å². The van der Waals surface area contributed by atoms with E-state index >= 15 is 0 Å². The molecule has 0 aromatic heterocycles. The summed E-state index contributed by atoms with van der Waals surface area (Å²) in [5, 5.41) is 0. The summed E-state index contributed by atoms with van der Waals surface area (Å²) in [5.74, 6) is 6.30. The number of hydrazine groups is 1. The SMILES string of the molecule is CCCCC(CC)CC(NN)c1cccc(S(C)(=O)=O)c1. The van der Waals surface area contributed by atoms with Gasteiger partial charge in [-0.3, -0.25) is 11.3 Å². The zero-order chi connectivity index (χ0) is 15.9. The first-order chi connectivity index (χ1) is 9.92. The normalized spacial score (nSPS) is 14.9. The Kier molecular flexibility index (Phi) is 7.35. The van der Waals surface area contributed by atoms with E-state index < -0.39 is 9.84 Å². The molecule has 0 aliphatic rings. The first kappa shape index (κ1) is 18.1. The second-order valence-corrected chi connectivity index (χ2v) is 7.73. The maximum Gasteiger partial charge on any atom is 0.175 e. The number of hydrogen-bond acceptors (Lipinski definition) is 4. The fourth-order valence-corrected chi connectivity index (χ4v) is 3.25. The molecule has 0 amide bonds. The van der Waals surface area contributed by atoms with Crippen molar-refractivity contribution in [2.45, 2.75) is 56.9 Å². The third kappa shape index (κ3) is 5.77. The predicted octanol–water partition coefficient (Wildman–Crippen LogP) is 3.20. The number of benzene rings is 1. The zero-order valence-electron chi connectivity index (χ0n) is 13.3. The number of rotatable bonds is 9. The Labute approximate surface area is 129 Å². The number of hydrogen-bond donors (Lipinski definition) is 2. The predicted molar refractivity (Wildman–Crippen MR) is 87.5 cm³/mol. The van der Waals surface area contributed by atoms with E-state index in [1.54, 1.807) is 18.2 Å². The van der Waals surface area contributed by atoms with E-state index in [1.165, 1.54) is 25.5 Å². The molecule has 21 heavy (non-hydrogen) atoms. The van der Waals surface area contributed by atoms with Gasteiger partial charge in [-0.2, -0.15) is 0 Å². The molecule has 0 radical (unpaired) electrons. The molecule has 0 aliphatic carbocycles. The van der Waals surface area contributed by atoms with Crippen LogP contribution in [0.1, 0.15) is 57.6 Å². The molecule has 0 saturated heterocycles. The van der Waals surface area contributed by atoms with Crippen LogP contribution in [0.25, 0.3) is 0 Å². The summed E-state index contributed by atoms with van der Waals surface area (Å²) in [6.07, 6.45) is 6.88. The first-order valence-electron chi connectivity index (χ1n) is 7.68. The fraction of sp³-hybridized carbons (Fsp3) is 0.625. The topological polar surface area (TPSA) is 72.2 Å². The second-order valence-electron chi connectivity index (χ2n) is 5.72. The third-order valence-corrected chi connectivity index (χ3v) is 5.11. The summed E-state index contributed by atoms with van der Waals surface area (Å²) < 4.78 is 23.3. The zero-order valence-corrected chi connectivity index (χ0v) is 14.1. The fourth-order valence-electron chi connectivity index (χ4n) is 2.58. The quantitative estimate of drug-likeness (QED) is 0.542. The van der Waals surface area contributed by atoms with Gasteiger partial charge in [0.05, 0.1) is 4.90 Å². The van der Waals surface area contributed by atoms with E-state index in [2.05, 4.69) is 19.3 Å². The van der Waals surface area contributed by atoms with Gasteiger partial charge >= 0.3 is 0 Å². The lowest BCUT2D eigenvalue weighted by Crippen LogP contribution is -2.29. The van der Waals surface area contributed by atoms with Crippen LogP contribution >= 0.6 is 0 Å². The van der Waals surface area contributed by atoms with Gasteiger partial charge in [-0.15, -0.1) is 0 Å². The highest BCUT2D eigenvalue weighted by Crippen LogP contribution is 2.27. The Balaban J connectivity index is 2.89. The smallest absolute Gasteiger partial charge is 0.175 e. The van der Waals surface area contributed by atoms with Crippen molar-refractivity contribution in [1.29, 1.82) is 0 Å². The number of nitrogens with one attached hydrogen (secondary N) is 1. The molecule has 1 aromatic rings. The van der Waals surface area contributed by atoms with Crippen molar-refractivity contribution in [3.63, 3.8) is 0 Å². The lowest BCUT2D eigenvalue weighted by Gasteiger charge is -2.23. The van der Waals surface area contributed by atoms with Crippen LogP contribution in [0.5, 0.6) is 0 Å². The molecule has 1 aromatic carbocycles. The van der Waals surface area contributed by atoms with E-state index in [0.29, 0.717) is 10.8 Å².